The van der Waals surface area contributed by atoms with Crippen molar-refractivity contribution in [2.75, 3.05) is 0 Å². The summed E-state index contributed by atoms with van der Waals surface area (Å²) < 4.78 is 1.00. The molecule has 0 aromatic rings. The standard InChI is InChI=1S/C11H22S.C3H8.CH4.B/c1-6-9-7-10(2,3)12-11(4,5)8-9;1-3-2;;/h9H,6-8H2,1-5H3;3H2,1-2H3;1H4;. The molecule has 1 rings (SSSR count). The van der Waals surface area contributed by atoms with Crippen LogP contribution in [0.5, 0.6) is 0 Å². The zero-order chi connectivity index (χ0) is 12.1. The van der Waals surface area contributed by atoms with Crippen molar-refractivity contribution >= 4 is 20.2 Å². The van der Waals surface area contributed by atoms with E-state index in [0.29, 0.717) is 9.49 Å². The molecule has 0 spiro atoms. The molecule has 1 fully saturated rings. The van der Waals surface area contributed by atoms with Crippen molar-refractivity contribution in [3.63, 3.8) is 0 Å². The molecule has 0 nitrogen and oxygen atoms in total. The molecule has 0 aliphatic carbocycles. The van der Waals surface area contributed by atoms with E-state index in [9.17, 15) is 0 Å². The molecule has 1 saturated heterocycles. The van der Waals surface area contributed by atoms with Gasteiger partial charge < -0.3 is 0 Å². The maximum atomic E-state index is 2.39. The van der Waals surface area contributed by atoms with Gasteiger partial charge in [0.15, 0.2) is 0 Å². The molecular weight excluding hydrogens is 223 g/mol. The van der Waals surface area contributed by atoms with E-state index < -0.39 is 0 Å². The second-order valence-corrected chi connectivity index (χ2v) is 8.43. The van der Waals surface area contributed by atoms with Crippen molar-refractivity contribution in [2.45, 2.75) is 91.1 Å². The molecule has 0 aromatic carbocycles. The van der Waals surface area contributed by atoms with Gasteiger partial charge in [-0.1, -0.05) is 68.7 Å². The molecule has 103 valence electrons. The Morgan fingerprint density at radius 3 is 1.47 bits per heavy atom. The zero-order valence-corrected chi connectivity index (χ0v) is 13.2. The predicted octanol–water partition coefficient (Wildman–Crippen LogP) is 5.77. The maximum Gasteiger partial charge on any atom is 0.0111 e. The average molecular weight is 257 g/mol. The van der Waals surface area contributed by atoms with Gasteiger partial charge in [0.2, 0.25) is 0 Å². The number of thioether (sulfide) groups is 1. The van der Waals surface area contributed by atoms with Crippen molar-refractivity contribution in [1.82, 2.24) is 0 Å². The zero-order valence-electron chi connectivity index (χ0n) is 12.4. The Balaban J connectivity index is -0.000000356. The molecule has 0 aromatic heterocycles. The maximum absolute atomic E-state index is 2.39. The number of rotatable bonds is 1. The van der Waals surface area contributed by atoms with E-state index in [4.69, 9.17) is 0 Å². The number of hydrogen-bond acceptors (Lipinski definition) is 1. The van der Waals surface area contributed by atoms with Crippen molar-refractivity contribution in [3.05, 3.63) is 0 Å². The summed E-state index contributed by atoms with van der Waals surface area (Å²) in [6.07, 6.45) is 5.41. The van der Waals surface area contributed by atoms with E-state index in [1.54, 1.807) is 0 Å². The SMILES string of the molecule is C.CCC.CCC1CC(C)(C)SC(C)(C)C1.[B]. The summed E-state index contributed by atoms with van der Waals surface area (Å²) in [7, 11) is 0. The van der Waals surface area contributed by atoms with Crippen LogP contribution in [0.4, 0.5) is 0 Å². The third kappa shape index (κ3) is 10.1. The van der Waals surface area contributed by atoms with E-state index in [0.717, 1.165) is 5.92 Å². The van der Waals surface area contributed by atoms with Crippen LogP contribution in [-0.4, -0.2) is 17.9 Å². The predicted molar refractivity (Wildman–Crippen MR) is 87.2 cm³/mol. The first-order valence-corrected chi connectivity index (χ1v) is 7.28. The Labute approximate surface area is 117 Å². The lowest BCUT2D eigenvalue weighted by molar-refractivity contribution is 0.340. The van der Waals surface area contributed by atoms with E-state index in [-0.39, 0.29) is 15.8 Å². The lowest BCUT2D eigenvalue weighted by atomic mass is 9.86. The minimum atomic E-state index is 0. The molecular formula is C15H34BS. The molecule has 0 amide bonds. The monoisotopic (exact) mass is 257 g/mol. The largest absolute Gasteiger partial charge is 0.149 e. The summed E-state index contributed by atoms with van der Waals surface area (Å²) in [6.45, 7) is 16.1. The fourth-order valence-corrected chi connectivity index (χ4v) is 4.72. The van der Waals surface area contributed by atoms with E-state index in [1.165, 1.54) is 25.7 Å². The highest BCUT2D eigenvalue weighted by Crippen LogP contribution is 2.50. The average Bonchev–Trinajstić information content (AvgIpc) is 1.99. The molecule has 0 saturated carbocycles. The quantitative estimate of drug-likeness (QED) is 0.537. The first-order chi connectivity index (χ1) is 6.76. The number of hydrogen-bond donors (Lipinski definition) is 0. The molecule has 2 heteroatoms. The summed E-state index contributed by atoms with van der Waals surface area (Å²) >= 11 is 2.16. The first kappa shape index (κ1) is 22.6. The van der Waals surface area contributed by atoms with Crippen LogP contribution < -0.4 is 0 Å². The van der Waals surface area contributed by atoms with Gasteiger partial charge in [0.05, 0.1) is 0 Å². The molecule has 0 atom stereocenters. The van der Waals surface area contributed by atoms with Gasteiger partial charge in [0, 0.05) is 17.9 Å². The summed E-state index contributed by atoms with van der Waals surface area (Å²) in [6, 6.07) is 0. The molecule has 1 heterocycles. The van der Waals surface area contributed by atoms with Gasteiger partial charge in [0.1, 0.15) is 0 Å². The van der Waals surface area contributed by atoms with Gasteiger partial charge in [-0.2, -0.15) is 0 Å². The molecule has 0 bridgehead atoms. The van der Waals surface area contributed by atoms with Crippen molar-refractivity contribution in [1.29, 1.82) is 0 Å². The smallest absolute Gasteiger partial charge is 0.0111 e. The fourth-order valence-electron chi connectivity index (χ4n) is 2.58. The minimum absolute atomic E-state index is 0. The van der Waals surface area contributed by atoms with E-state index >= 15 is 0 Å². The second kappa shape index (κ2) is 9.36. The fraction of sp³-hybridized carbons (Fsp3) is 1.00. The third-order valence-corrected chi connectivity index (χ3v) is 4.13. The van der Waals surface area contributed by atoms with Gasteiger partial charge in [-0.25, -0.2) is 0 Å². The lowest BCUT2D eigenvalue weighted by Gasteiger charge is -2.44. The van der Waals surface area contributed by atoms with Crippen LogP contribution in [0.3, 0.4) is 0 Å². The molecule has 1 aliphatic heterocycles. The van der Waals surface area contributed by atoms with E-state index in [2.05, 4.69) is 60.2 Å². The van der Waals surface area contributed by atoms with Crippen LogP contribution in [0, 0.1) is 5.92 Å². The first-order valence-electron chi connectivity index (χ1n) is 6.46. The normalized spacial score (nSPS) is 21.4. The summed E-state index contributed by atoms with van der Waals surface area (Å²) in [5, 5.41) is 0. The van der Waals surface area contributed by atoms with Crippen LogP contribution in [0.25, 0.3) is 0 Å². The van der Waals surface area contributed by atoms with Gasteiger partial charge in [0.25, 0.3) is 0 Å². The Hall–Kier alpha value is 0.415. The molecule has 0 N–H and O–H groups in total. The molecule has 0 unspecified atom stereocenters. The Kier molecular flexibility index (Phi) is 12.4. The minimum Gasteiger partial charge on any atom is -0.149 e. The summed E-state index contributed by atoms with van der Waals surface area (Å²) in [5.74, 6) is 0.955. The summed E-state index contributed by atoms with van der Waals surface area (Å²) in [4.78, 5) is 0. The third-order valence-electron chi connectivity index (χ3n) is 2.69. The van der Waals surface area contributed by atoms with Gasteiger partial charge in [-0.15, -0.1) is 11.8 Å². The molecule has 3 radical (unpaired) electrons. The highest BCUT2D eigenvalue weighted by molar-refractivity contribution is 8.01. The highest BCUT2D eigenvalue weighted by Gasteiger charge is 2.38. The van der Waals surface area contributed by atoms with Crippen LogP contribution in [0.2, 0.25) is 0 Å². The Morgan fingerprint density at radius 2 is 1.24 bits per heavy atom. The van der Waals surface area contributed by atoms with Crippen molar-refractivity contribution in [2.24, 2.45) is 5.92 Å². The molecule has 17 heavy (non-hydrogen) atoms. The van der Waals surface area contributed by atoms with Gasteiger partial charge in [-0.3, -0.25) is 0 Å². The van der Waals surface area contributed by atoms with Crippen molar-refractivity contribution in [3.8, 4) is 0 Å². The second-order valence-electron chi connectivity index (χ2n) is 6.01. The van der Waals surface area contributed by atoms with Gasteiger partial charge >= 0.3 is 0 Å². The van der Waals surface area contributed by atoms with Crippen LogP contribution in [0.15, 0.2) is 0 Å². The van der Waals surface area contributed by atoms with Crippen LogP contribution >= 0.6 is 11.8 Å². The topological polar surface area (TPSA) is 0 Å². The Morgan fingerprint density at radius 1 is 0.941 bits per heavy atom. The van der Waals surface area contributed by atoms with E-state index in [1.807, 2.05) is 0 Å². The lowest BCUT2D eigenvalue weighted by Crippen LogP contribution is -2.36. The van der Waals surface area contributed by atoms with Gasteiger partial charge in [-0.05, 0) is 18.8 Å². The van der Waals surface area contributed by atoms with Crippen molar-refractivity contribution < 1.29 is 0 Å². The highest BCUT2D eigenvalue weighted by atomic mass is 32.2. The van der Waals surface area contributed by atoms with Crippen LogP contribution in [0.1, 0.15) is 81.6 Å². The molecule has 1 aliphatic rings. The summed E-state index contributed by atoms with van der Waals surface area (Å²) in [5.41, 5.74) is 0. The Bertz CT molecular complexity index is 160. The van der Waals surface area contributed by atoms with Crippen LogP contribution in [-0.2, 0) is 0 Å².